The number of pyridine rings is 2. The maximum Gasteiger partial charge on any atom is 0.228 e. The molecule has 7 nitrogen and oxygen atoms in total. The number of carbonyl (C=O) groups is 2. The Morgan fingerprint density at radius 3 is 2.59 bits per heavy atom. The van der Waals surface area contributed by atoms with Crippen LogP contribution in [0.4, 0.5) is 17.3 Å². The van der Waals surface area contributed by atoms with Crippen molar-refractivity contribution in [1.82, 2.24) is 9.97 Å². The summed E-state index contributed by atoms with van der Waals surface area (Å²) in [5, 5.41) is 7.69. The Labute approximate surface area is 186 Å². The molecule has 1 saturated heterocycles. The first-order valence-corrected chi connectivity index (χ1v) is 10.8. The summed E-state index contributed by atoms with van der Waals surface area (Å²) in [5.41, 5.74) is 2.51. The average molecular weight is 425 g/mol. The lowest BCUT2D eigenvalue weighted by Crippen LogP contribution is -2.23. The van der Waals surface area contributed by atoms with Crippen LogP contribution in [0.5, 0.6) is 0 Å². The van der Waals surface area contributed by atoms with E-state index in [-0.39, 0.29) is 17.7 Å². The lowest BCUT2D eigenvalue weighted by Gasteiger charge is -2.15. The van der Waals surface area contributed by atoms with Gasteiger partial charge in [-0.3, -0.25) is 9.59 Å². The summed E-state index contributed by atoms with van der Waals surface area (Å²) in [4.78, 5) is 34.7. The monoisotopic (exact) mass is 425 g/mol. The van der Waals surface area contributed by atoms with E-state index in [0.29, 0.717) is 18.1 Å². The number of fused-ring (bicyclic) bond motifs is 1. The van der Waals surface area contributed by atoms with Gasteiger partial charge in [-0.25, -0.2) is 9.97 Å². The minimum absolute atomic E-state index is 0.0176. The molecule has 5 rings (SSSR count). The van der Waals surface area contributed by atoms with Gasteiger partial charge in [-0.2, -0.15) is 0 Å². The van der Waals surface area contributed by atoms with Crippen LogP contribution >= 0.6 is 0 Å². The number of amides is 2. The quantitative estimate of drug-likeness (QED) is 0.625. The third-order valence-corrected chi connectivity index (χ3v) is 5.80. The Morgan fingerprint density at radius 1 is 1.09 bits per heavy atom. The number of benzene rings is 1. The van der Waals surface area contributed by atoms with Crippen molar-refractivity contribution in [1.29, 1.82) is 0 Å². The molecular weight excluding hydrogens is 402 g/mol. The van der Waals surface area contributed by atoms with E-state index in [2.05, 4.69) is 32.4 Å². The molecular formula is C25H23N5O2. The maximum absolute atomic E-state index is 12.1. The fourth-order valence-electron chi connectivity index (χ4n) is 3.86. The third kappa shape index (κ3) is 4.00. The van der Waals surface area contributed by atoms with Crippen molar-refractivity contribution >= 4 is 39.9 Å². The molecule has 2 fully saturated rings. The molecule has 2 aliphatic rings. The molecule has 3 heterocycles. The van der Waals surface area contributed by atoms with Crippen molar-refractivity contribution in [2.24, 2.45) is 5.92 Å². The molecule has 0 atom stereocenters. The topological polar surface area (TPSA) is 87.2 Å². The van der Waals surface area contributed by atoms with E-state index in [4.69, 9.17) is 0 Å². The van der Waals surface area contributed by atoms with Crippen LogP contribution in [0.2, 0.25) is 0 Å². The minimum Gasteiger partial charge on any atom is -0.373 e. The van der Waals surface area contributed by atoms with Gasteiger partial charge in [0.15, 0.2) is 0 Å². The summed E-state index contributed by atoms with van der Waals surface area (Å²) >= 11 is 0. The molecule has 1 aromatic carbocycles. The van der Waals surface area contributed by atoms with Crippen LogP contribution in [0, 0.1) is 17.8 Å². The summed E-state index contributed by atoms with van der Waals surface area (Å²) in [6.07, 6.45) is 6.83. The molecule has 1 aliphatic carbocycles. The van der Waals surface area contributed by atoms with Gasteiger partial charge in [-0.15, -0.1) is 0 Å². The lowest BCUT2D eigenvalue weighted by atomic mass is 10.1. The van der Waals surface area contributed by atoms with Crippen molar-refractivity contribution in [3.05, 3.63) is 53.9 Å². The smallest absolute Gasteiger partial charge is 0.228 e. The Hall–Kier alpha value is -3.92. The first kappa shape index (κ1) is 20.0. The minimum atomic E-state index is 0.0176. The van der Waals surface area contributed by atoms with Gasteiger partial charge in [0.1, 0.15) is 11.6 Å². The van der Waals surface area contributed by atoms with Gasteiger partial charge in [0.25, 0.3) is 0 Å². The molecule has 2 aromatic heterocycles. The van der Waals surface area contributed by atoms with Gasteiger partial charge in [-0.05, 0) is 49.6 Å². The summed E-state index contributed by atoms with van der Waals surface area (Å²) in [5.74, 6) is 7.91. The van der Waals surface area contributed by atoms with Gasteiger partial charge < -0.3 is 15.5 Å². The molecule has 160 valence electrons. The van der Waals surface area contributed by atoms with Crippen LogP contribution in [0.3, 0.4) is 0 Å². The number of nitrogens with one attached hydrogen (secondary N) is 2. The molecule has 1 saturated carbocycles. The zero-order valence-electron chi connectivity index (χ0n) is 17.8. The summed E-state index contributed by atoms with van der Waals surface area (Å²) in [6.45, 7) is 0.771. The number of rotatable bonds is 4. The van der Waals surface area contributed by atoms with Crippen LogP contribution in [0.1, 0.15) is 36.8 Å². The highest BCUT2D eigenvalue weighted by Crippen LogP contribution is 2.31. The van der Waals surface area contributed by atoms with E-state index in [9.17, 15) is 9.59 Å². The van der Waals surface area contributed by atoms with E-state index >= 15 is 0 Å². The van der Waals surface area contributed by atoms with E-state index in [1.54, 1.807) is 12.4 Å². The Kier molecular flexibility index (Phi) is 5.20. The number of carbonyl (C=O) groups excluding carboxylic acids is 2. The Bertz CT molecular complexity index is 1270. The first-order chi connectivity index (χ1) is 15.6. The van der Waals surface area contributed by atoms with Crippen LogP contribution in [-0.4, -0.2) is 35.4 Å². The van der Waals surface area contributed by atoms with Crippen LogP contribution in [0.25, 0.3) is 10.8 Å². The number of hydrogen-bond acceptors (Lipinski definition) is 5. The Balaban J connectivity index is 1.45. The van der Waals surface area contributed by atoms with Crippen LogP contribution < -0.4 is 15.5 Å². The standard InChI is InChI=1S/C25H23N5O2/c1-26-24-21-15-27-22(29-25(32)17-8-9-17)13-20(21)18(14-28-24)7-4-16-5-10-19(11-6-16)30-12-2-3-23(30)31/h5-6,10-11,13-15,17H,2-3,8-9,12H2,1H3,(H,26,28)(H,27,29,32). The van der Waals surface area contributed by atoms with Crippen molar-refractivity contribution in [2.75, 3.05) is 29.1 Å². The SMILES string of the molecule is CNc1ncc(C#Cc2ccc(N3CCCC3=O)cc2)c2cc(NC(=O)C3CC3)ncc12. The third-order valence-electron chi connectivity index (χ3n) is 5.80. The molecule has 2 N–H and O–H groups in total. The van der Waals surface area contributed by atoms with Crippen molar-refractivity contribution in [3.63, 3.8) is 0 Å². The zero-order valence-corrected chi connectivity index (χ0v) is 17.8. The van der Waals surface area contributed by atoms with Gasteiger partial charge >= 0.3 is 0 Å². The fourth-order valence-corrected chi connectivity index (χ4v) is 3.86. The molecule has 0 spiro atoms. The second-order valence-corrected chi connectivity index (χ2v) is 8.09. The highest BCUT2D eigenvalue weighted by molar-refractivity contribution is 5.99. The molecule has 0 unspecified atom stereocenters. The van der Waals surface area contributed by atoms with Gasteiger partial charge in [0.05, 0.1) is 5.56 Å². The molecule has 0 radical (unpaired) electrons. The number of aromatic nitrogens is 2. The van der Waals surface area contributed by atoms with Gasteiger partial charge in [0.2, 0.25) is 11.8 Å². The Morgan fingerprint density at radius 2 is 1.91 bits per heavy atom. The predicted octanol–water partition coefficient (Wildman–Crippen LogP) is 3.55. The predicted molar refractivity (Wildman–Crippen MR) is 124 cm³/mol. The maximum atomic E-state index is 12.1. The van der Waals surface area contributed by atoms with Gasteiger partial charge in [0, 0.05) is 60.3 Å². The lowest BCUT2D eigenvalue weighted by molar-refractivity contribution is -0.118. The second kappa shape index (κ2) is 8.31. The number of nitrogens with zero attached hydrogens (tertiary/aromatic N) is 3. The van der Waals surface area contributed by atoms with Crippen molar-refractivity contribution in [3.8, 4) is 11.8 Å². The summed E-state index contributed by atoms with van der Waals surface area (Å²) < 4.78 is 0. The highest BCUT2D eigenvalue weighted by atomic mass is 16.2. The number of hydrogen-bond donors (Lipinski definition) is 2. The molecule has 2 amide bonds. The molecule has 3 aromatic rings. The van der Waals surface area contributed by atoms with Crippen LogP contribution in [0.15, 0.2) is 42.7 Å². The van der Waals surface area contributed by atoms with E-state index < -0.39 is 0 Å². The van der Waals surface area contributed by atoms with E-state index in [1.807, 2.05) is 42.3 Å². The van der Waals surface area contributed by atoms with E-state index in [1.165, 1.54) is 0 Å². The first-order valence-electron chi connectivity index (χ1n) is 10.8. The average Bonchev–Trinajstić information content (AvgIpc) is 3.59. The molecule has 0 bridgehead atoms. The normalized spacial score (nSPS) is 15.4. The molecule has 7 heteroatoms. The van der Waals surface area contributed by atoms with Crippen molar-refractivity contribution < 1.29 is 9.59 Å². The van der Waals surface area contributed by atoms with Crippen LogP contribution in [-0.2, 0) is 9.59 Å². The zero-order chi connectivity index (χ0) is 22.1. The molecule has 1 aliphatic heterocycles. The van der Waals surface area contributed by atoms with Crippen molar-refractivity contribution in [2.45, 2.75) is 25.7 Å². The summed E-state index contributed by atoms with van der Waals surface area (Å²) in [7, 11) is 1.81. The second-order valence-electron chi connectivity index (χ2n) is 8.09. The largest absolute Gasteiger partial charge is 0.373 e. The highest BCUT2D eigenvalue weighted by Gasteiger charge is 2.29. The van der Waals surface area contributed by atoms with E-state index in [0.717, 1.165) is 53.4 Å². The number of anilines is 3. The molecule has 32 heavy (non-hydrogen) atoms. The fraction of sp³-hybridized carbons (Fsp3) is 0.280. The van der Waals surface area contributed by atoms with Gasteiger partial charge in [-0.1, -0.05) is 11.8 Å². The summed E-state index contributed by atoms with van der Waals surface area (Å²) in [6, 6.07) is 9.57.